The van der Waals surface area contributed by atoms with Crippen molar-refractivity contribution in [2.45, 2.75) is 6.92 Å². The Morgan fingerprint density at radius 2 is 1.85 bits per heavy atom. The molecule has 2 aromatic heterocycles. The largest absolute Gasteiger partial charge is 0.457 e. The number of nitrogens with zero attached hydrogens (tertiary/aromatic N) is 1. The number of anilines is 1. The van der Waals surface area contributed by atoms with Crippen molar-refractivity contribution >= 4 is 69.0 Å². The van der Waals surface area contributed by atoms with Gasteiger partial charge in [0.15, 0.2) is 10.2 Å². The summed E-state index contributed by atoms with van der Waals surface area (Å²) in [5.74, 6) is 0.802. The van der Waals surface area contributed by atoms with Crippen LogP contribution in [0.2, 0.25) is 10.0 Å². The maximum absolute atomic E-state index is 12.2. The van der Waals surface area contributed by atoms with Crippen LogP contribution in [0.15, 0.2) is 70.5 Å². The first-order chi connectivity index (χ1) is 15.9. The summed E-state index contributed by atoms with van der Waals surface area (Å²) in [5, 5.41) is 9.46. The van der Waals surface area contributed by atoms with Gasteiger partial charge in [0.25, 0.3) is 0 Å². The SMILES string of the molecule is Cc1ccc(-c2ccc(/C=C/C(=O)NC(=S)Nc3nc(-c4ccc(Cl)cc4)cs3)o2)cc1Cl. The molecule has 1 amide bonds. The number of hydrogen-bond donors (Lipinski definition) is 2. The number of amides is 1. The minimum absolute atomic E-state index is 0.149. The monoisotopic (exact) mass is 513 g/mol. The number of carbonyl (C=O) groups is 1. The number of furan rings is 1. The van der Waals surface area contributed by atoms with E-state index in [0.29, 0.717) is 26.7 Å². The van der Waals surface area contributed by atoms with Crippen LogP contribution in [0.5, 0.6) is 0 Å². The zero-order chi connectivity index (χ0) is 23.4. The van der Waals surface area contributed by atoms with Gasteiger partial charge < -0.3 is 9.73 Å². The van der Waals surface area contributed by atoms with Crippen LogP contribution in [0.1, 0.15) is 11.3 Å². The maximum atomic E-state index is 12.2. The Labute approximate surface area is 210 Å². The second-order valence-electron chi connectivity index (χ2n) is 6.99. The first kappa shape index (κ1) is 23.2. The molecule has 0 bridgehead atoms. The molecular weight excluding hydrogens is 497 g/mol. The highest BCUT2D eigenvalue weighted by Gasteiger charge is 2.09. The Bertz CT molecular complexity index is 1340. The second kappa shape index (κ2) is 10.3. The van der Waals surface area contributed by atoms with Crippen molar-refractivity contribution in [1.82, 2.24) is 10.3 Å². The Hall–Kier alpha value is -2.97. The van der Waals surface area contributed by atoms with Gasteiger partial charge in [-0.1, -0.05) is 47.5 Å². The molecule has 166 valence electrons. The Kier molecular flexibility index (Phi) is 7.25. The predicted molar refractivity (Wildman–Crippen MR) is 140 cm³/mol. The van der Waals surface area contributed by atoms with Crippen LogP contribution in [0, 0.1) is 6.92 Å². The number of thiazole rings is 1. The van der Waals surface area contributed by atoms with E-state index in [4.69, 9.17) is 39.8 Å². The van der Waals surface area contributed by atoms with Gasteiger partial charge in [-0.15, -0.1) is 11.3 Å². The van der Waals surface area contributed by atoms with Gasteiger partial charge in [0.1, 0.15) is 11.5 Å². The minimum atomic E-state index is -0.390. The van der Waals surface area contributed by atoms with Gasteiger partial charge >= 0.3 is 0 Å². The lowest BCUT2D eigenvalue weighted by Crippen LogP contribution is -2.32. The summed E-state index contributed by atoms with van der Waals surface area (Å²) in [7, 11) is 0. The van der Waals surface area contributed by atoms with Gasteiger partial charge in [0.05, 0.1) is 5.69 Å². The Morgan fingerprint density at radius 3 is 2.61 bits per heavy atom. The molecule has 33 heavy (non-hydrogen) atoms. The highest BCUT2D eigenvalue weighted by molar-refractivity contribution is 7.80. The third-order valence-electron chi connectivity index (χ3n) is 4.58. The van der Waals surface area contributed by atoms with Crippen molar-refractivity contribution in [3.63, 3.8) is 0 Å². The Balaban J connectivity index is 1.32. The van der Waals surface area contributed by atoms with E-state index < -0.39 is 5.91 Å². The molecule has 4 rings (SSSR count). The molecule has 0 aliphatic heterocycles. The summed E-state index contributed by atoms with van der Waals surface area (Å²) in [4.78, 5) is 16.7. The average Bonchev–Trinajstić information content (AvgIpc) is 3.44. The van der Waals surface area contributed by atoms with Crippen molar-refractivity contribution < 1.29 is 9.21 Å². The lowest BCUT2D eigenvalue weighted by atomic mass is 10.1. The van der Waals surface area contributed by atoms with Crippen LogP contribution < -0.4 is 10.6 Å². The molecule has 0 saturated heterocycles. The van der Waals surface area contributed by atoms with Crippen LogP contribution >= 0.6 is 46.8 Å². The van der Waals surface area contributed by atoms with Gasteiger partial charge in [-0.3, -0.25) is 10.1 Å². The van der Waals surface area contributed by atoms with E-state index in [1.54, 1.807) is 24.3 Å². The number of halogens is 2. The Morgan fingerprint density at radius 1 is 1.09 bits per heavy atom. The molecule has 0 aliphatic carbocycles. The molecule has 0 radical (unpaired) electrons. The third kappa shape index (κ3) is 6.09. The van der Waals surface area contributed by atoms with Crippen molar-refractivity contribution in [3.8, 4) is 22.6 Å². The summed E-state index contributed by atoms with van der Waals surface area (Å²) in [5.41, 5.74) is 3.58. The van der Waals surface area contributed by atoms with E-state index in [1.807, 2.05) is 48.7 Å². The van der Waals surface area contributed by atoms with E-state index in [2.05, 4.69) is 15.6 Å². The first-order valence-electron chi connectivity index (χ1n) is 9.75. The number of aryl methyl sites for hydroxylation is 1. The van der Waals surface area contributed by atoms with Crippen LogP contribution in [0.4, 0.5) is 5.13 Å². The number of aromatic nitrogens is 1. The molecule has 0 spiro atoms. The number of nitrogens with one attached hydrogen (secondary N) is 2. The van der Waals surface area contributed by atoms with Crippen LogP contribution in [0.25, 0.3) is 28.7 Å². The number of hydrogen-bond acceptors (Lipinski definition) is 5. The topological polar surface area (TPSA) is 67.2 Å². The van der Waals surface area contributed by atoms with Crippen LogP contribution in [-0.4, -0.2) is 16.0 Å². The molecule has 0 fully saturated rings. The van der Waals surface area contributed by atoms with E-state index in [0.717, 1.165) is 22.4 Å². The third-order valence-corrected chi connectivity index (χ3v) is 6.20. The van der Waals surface area contributed by atoms with Gasteiger partial charge in [-0.05, 0) is 61.1 Å². The van der Waals surface area contributed by atoms with Crippen molar-refractivity contribution in [2.24, 2.45) is 0 Å². The van der Waals surface area contributed by atoms with Gasteiger partial charge in [0, 0.05) is 32.6 Å². The summed E-state index contributed by atoms with van der Waals surface area (Å²) < 4.78 is 5.78. The molecule has 2 aromatic carbocycles. The van der Waals surface area contributed by atoms with Gasteiger partial charge in [-0.2, -0.15) is 0 Å². The molecular formula is C24H17Cl2N3O2S2. The number of benzene rings is 2. The zero-order valence-electron chi connectivity index (χ0n) is 17.3. The lowest BCUT2D eigenvalue weighted by Gasteiger charge is -2.04. The fourth-order valence-corrected chi connectivity index (χ4v) is 4.16. The molecule has 0 aliphatic rings. The number of carbonyl (C=O) groups excluding carboxylic acids is 1. The van der Waals surface area contributed by atoms with E-state index in [-0.39, 0.29) is 5.11 Å². The molecule has 0 saturated carbocycles. The highest BCUT2D eigenvalue weighted by Crippen LogP contribution is 2.28. The summed E-state index contributed by atoms with van der Waals surface area (Å²) in [6.07, 6.45) is 2.92. The van der Waals surface area contributed by atoms with Gasteiger partial charge in [-0.25, -0.2) is 4.98 Å². The van der Waals surface area contributed by atoms with E-state index >= 15 is 0 Å². The second-order valence-corrected chi connectivity index (χ2v) is 9.10. The fourth-order valence-electron chi connectivity index (χ4n) is 2.87. The molecule has 2 heterocycles. The van der Waals surface area contributed by atoms with Gasteiger partial charge in [0.2, 0.25) is 5.91 Å². The van der Waals surface area contributed by atoms with Crippen molar-refractivity contribution in [3.05, 3.63) is 87.4 Å². The van der Waals surface area contributed by atoms with Crippen LogP contribution in [0.3, 0.4) is 0 Å². The normalized spacial score (nSPS) is 11.0. The standard InChI is InChI=1S/C24H17Cl2N3O2S2/c1-14-2-3-16(12-19(14)26)21-10-8-18(31-21)9-11-22(30)28-23(32)29-24-27-20(13-33-24)15-4-6-17(25)7-5-15/h2-13H,1H3,(H2,27,28,29,30,32)/b11-9+. The van der Waals surface area contributed by atoms with Crippen LogP contribution in [-0.2, 0) is 4.79 Å². The quantitative estimate of drug-likeness (QED) is 0.218. The van der Waals surface area contributed by atoms with E-state index in [9.17, 15) is 4.79 Å². The fraction of sp³-hybridized carbons (Fsp3) is 0.0417. The smallest absolute Gasteiger partial charge is 0.250 e. The summed E-state index contributed by atoms with van der Waals surface area (Å²) in [6, 6.07) is 16.7. The van der Waals surface area contributed by atoms with E-state index in [1.165, 1.54) is 17.4 Å². The molecule has 0 unspecified atom stereocenters. The molecule has 0 atom stereocenters. The summed E-state index contributed by atoms with van der Waals surface area (Å²) in [6.45, 7) is 1.94. The number of rotatable bonds is 5. The predicted octanol–water partition coefficient (Wildman–Crippen LogP) is 7.21. The van der Waals surface area contributed by atoms with Crippen molar-refractivity contribution in [2.75, 3.05) is 5.32 Å². The molecule has 2 N–H and O–H groups in total. The first-order valence-corrected chi connectivity index (χ1v) is 11.8. The average molecular weight is 514 g/mol. The number of thiocarbonyl (C=S) groups is 1. The molecule has 9 heteroatoms. The molecule has 4 aromatic rings. The zero-order valence-corrected chi connectivity index (χ0v) is 20.4. The highest BCUT2D eigenvalue weighted by atomic mass is 35.5. The molecule has 5 nitrogen and oxygen atoms in total. The maximum Gasteiger partial charge on any atom is 0.250 e. The van der Waals surface area contributed by atoms with Crippen molar-refractivity contribution in [1.29, 1.82) is 0 Å². The summed E-state index contributed by atoms with van der Waals surface area (Å²) >= 11 is 18.7. The lowest BCUT2D eigenvalue weighted by molar-refractivity contribution is -0.115. The minimum Gasteiger partial charge on any atom is -0.457 e.